The molecule has 7 heteroatoms. The quantitative estimate of drug-likeness (QED) is 0.346. The molecule has 2 heterocycles. The molecule has 3 aromatic carbocycles. The summed E-state index contributed by atoms with van der Waals surface area (Å²) < 4.78 is 0. The topological polar surface area (TPSA) is 79.8 Å². The summed E-state index contributed by atoms with van der Waals surface area (Å²) in [5.74, 6) is -0.858. The van der Waals surface area contributed by atoms with E-state index in [0.29, 0.717) is 18.1 Å². The molecular formula is C28H28ClN3O3. The predicted molar refractivity (Wildman–Crippen MR) is 137 cm³/mol. The van der Waals surface area contributed by atoms with Gasteiger partial charge in [0.05, 0.1) is 12.6 Å². The van der Waals surface area contributed by atoms with Gasteiger partial charge in [0.2, 0.25) is 0 Å². The monoisotopic (exact) mass is 489 g/mol. The van der Waals surface area contributed by atoms with Crippen molar-refractivity contribution < 1.29 is 15.0 Å². The lowest BCUT2D eigenvalue weighted by Crippen LogP contribution is -2.50. The number of aliphatic hydroxyl groups excluding tert-OH is 1. The zero-order valence-corrected chi connectivity index (χ0v) is 20.0. The Morgan fingerprint density at radius 2 is 1.57 bits per heavy atom. The Kier molecular flexibility index (Phi) is 6.88. The Labute approximate surface area is 209 Å². The molecule has 180 valence electrons. The molecule has 0 bridgehead atoms. The first kappa shape index (κ1) is 23.6. The van der Waals surface area contributed by atoms with E-state index in [4.69, 9.17) is 11.6 Å². The van der Waals surface area contributed by atoms with Gasteiger partial charge >= 0.3 is 5.97 Å². The van der Waals surface area contributed by atoms with Gasteiger partial charge in [-0.25, -0.2) is 0 Å². The fraction of sp³-hybridized carbons (Fsp3) is 0.250. The van der Waals surface area contributed by atoms with Gasteiger partial charge in [-0.3, -0.25) is 14.6 Å². The second kappa shape index (κ2) is 10.2. The summed E-state index contributed by atoms with van der Waals surface area (Å²) in [6, 6.07) is 23.3. The third-order valence-corrected chi connectivity index (χ3v) is 7.12. The van der Waals surface area contributed by atoms with Gasteiger partial charge in [-0.1, -0.05) is 66.2 Å². The number of halogens is 1. The number of carboxylic acid groups (broad SMARTS) is 1. The van der Waals surface area contributed by atoms with E-state index >= 15 is 0 Å². The average molecular weight is 490 g/mol. The van der Waals surface area contributed by atoms with E-state index in [9.17, 15) is 15.0 Å². The van der Waals surface area contributed by atoms with Gasteiger partial charge in [0.15, 0.2) is 0 Å². The largest absolute Gasteiger partial charge is 0.480 e. The molecule has 0 spiro atoms. The lowest BCUT2D eigenvalue weighted by Gasteiger charge is -2.41. The number of aliphatic hydroxyl groups is 1. The molecule has 1 aromatic heterocycles. The molecule has 6 nitrogen and oxygen atoms in total. The van der Waals surface area contributed by atoms with Gasteiger partial charge in [0.25, 0.3) is 0 Å². The Balaban J connectivity index is 1.39. The maximum atomic E-state index is 12.4. The summed E-state index contributed by atoms with van der Waals surface area (Å²) in [6.45, 7) is 2.70. The normalized spacial score (nSPS) is 16.9. The van der Waals surface area contributed by atoms with Crippen molar-refractivity contribution in [2.45, 2.75) is 18.7 Å². The van der Waals surface area contributed by atoms with Crippen LogP contribution < -0.4 is 0 Å². The molecule has 0 radical (unpaired) electrons. The van der Waals surface area contributed by atoms with Crippen LogP contribution in [-0.2, 0) is 11.4 Å². The average Bonchev–Trinajstić information content (AvgIpc) is 3.29. The number of fused-ring (bicyclic) bond motifs is 1. The van der Waals surface area contributed by atoms with E-state index in [1.807, 2.05) is 53.4 Å². The maximum absolute atomic E-state index is 12.4. The third-order valence-electron chi connectivity index (χ3n) is 6.87. The van der Waals surface area contributed by atoms with Crippen molar-refractivity contribution in [2.24, 2.45) is 0 Å². The van der Waals surface area contributed by atoms with Crippen LogP contribution in [0.3, 0.4) is 0 Å². The fourth-order valence-corrected chi connectivity index (χ4v) is 5.28. The van der Waals surface area contributed by atoms with E-state index in [-0.39, 0.29) is 12.6 Å². The molecule has 0 unspecified atom stereocenters. The van der Waals surface area contributed by atoms with Crippen LogP contribution in [0.2, 0.25) is 5.02 Å². The van der Waals surface area contributed by atoms with Crippen LogP contribution in [0, 0.1) is 0 Å². The number of rotatable bonds is 7. The van der Waals surface area contributed by atoms with Crippen LogP contribution >= 0.6 is 11.6 Å². The minimum Gasteiger partial charge on any atom is -0.480 e. The molecule has 0 aliphatic carbocycles. The summed E-state index contributed by atoms with van der Waals surface area (Å²) in [4.78, 5) is 20.1. The van der Waals surface area contributed by atoms with Crippen LogP contribution in [0.4, 0.5) is 0 Å². The number of hydrogen-bond acceptors (Lipinski definition) is 4. The summed E-state index contributed by atoms with van der Waals surface area (Å²) >= 11 is 6.15. The van der Waals surface area contributed by atoms with E-state index in [2.05, 4.69) is 34.1 Å². The van der Waals surface area contributed by atoms with Crippen molar-refractivity contribution in [1.82, 2.24) is 14.8 Å². The SMILES string of the molecule is O=C(O)[C@H](c1c[nH]c2cc(CO)ccc12)N1CCN([C@@H](c2ccccc2)c2ccc(Cl)cc2)CC1. The number of nitrogens with zero attached hydrogens (tertiary/aromatic N) is 2. The number of aromatic amines is 1. The fourth-order valence-electron chi connectivity index (χ4n) is 5.15. The second-order valence-corrected chi connectivity index (χ2v) is 9.40. The number of hydrogen-bond donors (Lipinski definition) is 3. The summed E-state index contributed by atoms with van der Waals surface area (Å²) in [5, 5.41) is 21.2. The predicted octanol–water partition coefficient (Wildman–Crippen LogP) is 4.85. The van der Waals surface area contributed by atoms with Gasteiger partial charge < -0.3 is 15.2 Å². The molecule has 1 aliphatic rings. The molecule has 0 amide bonds. The van der Waals surface area contributed by atoms with Crippen molar-refractivity contribution >= 4 is 28.5 Å². The van der Waals surface area contributed by atoms with Gasteiger partial charge in [-0.2, -0.15) is 0 Å². The van der Waals surface area contributed by atoms with E-state index in [1.165, 1.54) is 11.1 Å². The third kappa shape index (κ3) is 4.83. The molecule has 1 fully saturated rings. The van der Waals surface area contributed by atoms with Crippen molar-refractivity contribution in [3.05, 3.63) is 106 Å². The van der Waals surface area contributed by atoms with Crippen LogP contribution in [0.15, 0.2) is 79.0 Å². The van der Waals surface area contributed by atoms with Crippen molar-refractivity contribution in [3.8, 4) is 0 Å². The highest BCUT2D eigenvalue weighted by Crippen LogP contribution is 2.34. The Morgan fingerprint density at radius 1 is 0.914 bits per heavy atom. The van der Waals surface area contributed by atoms with Crippen LogP contribution in [0.25, 0.3) is 10.9 Å². The highest BCUT2D eigenvalue weighted by molar-refractivity contribution is 6.30. The first-order valence-electron chi connectivity index (χ1n) is 11.8. The molecular weight excluding hydrogens is 462 g/mol. The van der Waals surface area contributed by atoms with Crippen LogP contribution in [0.1, 0.15) is 34.3 Å². The van der Waals surface area contributed by atoms with Crippen LogP contribution in [0.5, 0.6) is 0 Å². The van der Waals surface area contributed by atoms with Gasteiger partial charge in [0, 0.05) is 53.9 Å². The smallest absolute Gasteiger partial charge is 0.325 e. The summed E-state index contributed by atoms with van der Waals surface area (Å²) in [7, 11) is 0. The minimum atomic E-state index is -0.858. The molecule has 3 N–H and O–H groups in total. The Bertz CT molecular complexity index is 1300. The van der Waals surface area contributed by atoms with Gasteiger partial charge in [-0.05, 0) is 34.9 Å². The first-order chi connectivity index (χ1) is 17.0. The van der Waals surface area contributed by atoms with Crippen molar-refractivity contribution in [2.75, 3.05) is 26.2 Å². The number of piperazine rings is 1. The lowest BCUT2D eigenvalue weighted by molar-refractivity contribution is -0.144. The van der Waals surface area contributed by atoms with Gasteiger partial charge in [-0.15, -0.1) is 0 Å². The zero-order valence-electron chi connectivity index (χ0n) is 19.3. The number of carboxylic acids is 1. The molecule has 0 saturated carbocycles. The Hall–Kier alpha value is -3.16. The van der Waals surface area contributed by atoms with Crippen molar-refractivity contribution in [3.63, 3.8) is 0 Å². The maximum Gasteiger partial charge on any atom is 0.325 e. The Morgan fingerprint density at radius 3 is 2.23 bits per heavy atom. The lowest BCUT2D eigenvalue weighted by atomic mass is 9.96. The highest BCUT2D eigenvalue weighted by Gasteiger charge is 2.34. The molecule has 1 saturated heterocycles. The zero-order chi connectivity index (χ0) is 24.4. The number of aromatic nitrogens is 1. The molecule has 2 atom stereocenters. The van der Waals surface area contributed by atoms with E-state index < -0.39 is 12.0 Å². The number of carbonyl (C=O) groups is 1. The van der Waals surface area contributed by atoms with Gasteiger partial charge in [0.1, 0.15) is 6.04 Å². The minimum absolute atomic E-state index is 0.0508. The van der Waals surface area contributed by atoms with Crippen molar-refractivity contribution in [1.29, 1.82) is 0 Å². The second-order valence-electron chi connectivity index (χ2n) is 8.96. The molecule has 35 heavy (non-hydrogen) atoms. The summed E-state index contributed by atoms with van der Waals surface area (Å²) in [6.07, 6.45) is 1.79. The van der Waals surface area contributed by atoms with Crippen LogP contribution in [-0.4, -0.2) is 57.1 Å². The van der Waals surface area contributed by atoms with E-state index in [1.54, 1.807) is 6.20 Å². The molecule has 4 aromatic rings. The number of nitrogens with one attached hydrogen (secondary N) is 1. The first-order valence-corrected chi connectivity index (χ1v) is 12.1. The number of aliphatic carboxylic acids is 1. The highest BCUT2D eigenvalue weighted by atomic mass is 35.5. The summed E-state index contributed by atoms with van der Waals surface area (Å²) in [5.41, 5.74) is 4.75. The molecule has 1 aliphatic heterocycles. The standard InChI is InChI=1S/C28H28ClN3O3/c29-22-9-7-21(8-10-22)26(20-4-2-1-3-5-20)31-12-14-32(15-13-31)27(28(34)35)24-17-30-25-16-19(18-33)6-11-23(24)25/h1-11,16-17,26-27,30,33H,12-15,18H2,(H,34,35)/t26-,27-/m0/s1. The number of benzene rings is 3. The molecule has 5 rings (SSSR count). The number of H-pyrrole nitrogens is 1. The van der Waals surface area contributed by atoms with E-state index in [0.717, 1.165) is 35.1 Å².